The quantitative estimate of drug-likeness (QED) is 0.631. The van der Waals surface area contributed by atoms with Gasteiger partial charge in [-0.1, -0.05) is 27.7 Å². The minimum absolute atomic E-state index is 0.0225. The summed E-state index contributed by atoms with van der Waals surface area (Å²) in [5, 5.41) is 19.4. The van der Waals surface area contributed by atoms with Gasteiger partial charge in [0.1, 0.15) is 5.83 Å². The van der Waals surface area contributed by atoms with Gasteiger partial charge in [0.05, 0.1) is 12.7 Å². The van der Waals surface area contributed by atoms with Gasteiger partial charge in [0.2, 0.25) is 0 Å². The van der Waals surface area contributed by atoms with E-state index in [9.17, 15) is 14.6 Å². The van der Waals surface area contributed by atoms with Crippen LogP contribution in [0.25, 0.3) is 0 Å². The van der Waals surface area contributed by atoms with Crippen LogP contribution in [0.3, 0.4) is 0 Å². The first-order valence-corrected chi connectivity index (χ1v) is 11.1. The van der Waals surface area contributed by atoms with E-state index >= 15 is 0 Å². The van der Waals surface area contributed by atoms with Crippen molar-refractivity contribution in [2.45, 2.75) is 91.6 Å². The van der Waals surface area contributed by atoms with Crippen molar-refractivity contribution in [1.82, 2.24) is 0 Å². The number of hydrogen-bond acceptors (Lipinski definition) is 2. The summed E-state index contributed by atoms with van der Waals surface area (Å²) in [6, 6.07) is 0. The van der Waals surface area contributed by atoms with E-state index in [-0.39, 0.29) is 17.3 Å². The zero-order valence-corrected chi connectivity index (χ0v) is 17.2. The molecule has 0 aromatic rings. The predicted octanol–water partition coefficient (Wildman–Crippen LogP) is 5.63. The van der Waals surface area contributed by atoms with Gasteiger partial charge >= 0.3 is 0 Å². The van der Waals surface area contributed by atoms with E-state index in [1.807, 2.05) is 13.8 Å². The summed E-state index contributed by atoms with van der Waals surface area (Å²) < 4.78 is 14.3. The molecule has 0 bridgehead atoms. The number of hydrogen-bond donors (Lipinski definition) is 2. The van der Waals surface area contributed by atoms with Gasteiger partial charge in [-0.05, 0) is 97.9 Å². The summed E-state index contributed by atoms with van der Waals surface area (Å²) in [7, 11) is 0. The molecular formula is C23H39FO2. The molecule has 0 spiro atoms. The zero-order valence-electron chi connectivity index (χ0n) is 17.2. The Kier molecular flexibility index (Phi) is 5.90. The van der Waals surface area contributed by atoms with E-state index in [0.717, 1.165) is 50.0 Å². The molecule has 0 radical (unpaired) electrons. The molecule has 7 unspecified atom stereocenters. The predicted molar refractivity (Wildman–Crippen MR) is 104 cm³/mol. The maximum absolute atomic E-state index is 14.3. The Bertz CT molecular complexity index is 544. The fraction of sp³-hybridized carbons (Fsp3) is 0.913. The van der Waals surface area contributed by atoms with Crippen LogP contribution in [-0.4, -0.2) is 22.9 Å². The Hall–Kier alpha value is -0.410. The highest BCUT2D eigenvalue weighted by molar-refractivity contribution is 5.26. The molecule has 0 aromatic heterocycles. The molecule has 150 valence electrons. The molecule has 4 rings (SSSR count). The molecule has 0 aliphatic heterocycles. The van der Waals surface area contributed by atoms with Crippen molar-refractivity contribution < 1.29 is 14.6 Å². The fourth-order valence-electron chi connectivity index (χ4n) is 7.59. The van der Waals surface area contributed by atoms with Crippen molar-refractivity contribution in [3.05, 3.63) is 11.4 Å². The molecule has 0 amide bonds. The van der Waals surface area contributed by atoms with Crippen molar-refractivity contribution in [3.63, 3.8) is 0 Å². The second-order valence-corrected chi connectivity index (χ2v) is 9.62. The Labute approximate surface area is 159 Å². The third-order valence-electron chi connectivity index (χ3n) is 8.89. The minimum Gasteiger partial charge on any atom is -0.393 e. The summed E-state index contributed by atoms with van der Waals surface area (Å²) in [5.41, 5.74) is 1.29. The topological polar surface area (TPSA) is 40.5 Å². The summed E-state index contributed by atoms with van der Waals surface area (Å²) >= 11 is 0. The maximum Gasteiger partial charge on any atom is 0.125 e. The van der Waals surface area contributed by atoms with Gasteiger partial charge in [-0.3, -0.25) is 0 Å². The fourth-order valence-corrected chi connectivity index (χ4v) is 7.59. The normalized spacial score (nSPS) is 49.3. The largest absolute Gasteiger partial charge is 0.393 e. The van der Waals surface area contributed by atoms with E-state index in [0.29, 0.717) is 23.2 Å². The lowest BCUT2D eigenvalue weighted by molar-refractivity contribution is -0.116. The number of aliphatic hydroxyl groups excluding tert-OH is 2. The summed E-state index contributed by atoms with van der Waals surface area (Å²) in [6.45, 7) is 8.33. The Morgan fingerprint density at radius 2 is 1.77 bits per heavy atom. The smallest absolute Gasteiger partial charge is 0.125 e. The molecule has 26 heavy (non-hydrogen) atoms. The van der Waals surface area contributed by atoms with Crippen LogP contribution in [-0.2, 0) is 0 Å². The molecule has 3 heteroatoms. The van der Waals surface area contributed by atoms with E-state index in [4.69, 9.17) is 0 Å². The molecule has 4 aliphatic rings. The van der Waals surface area contributed by atoms with E-state index < -0.39 is 6.61 Å². The Balaban J connectivity index is 0.000000948. The molecule has 7 atom stereocenters. The molecule has 4 saturated carbocycles. The van der Waals surface area contributed by atoms with Crippen molar-refractivity contribution >= 4 is 0 Å². The van der Waals surface area contributed by atoms with E-state index in [1.165, 1.54) is 19.3 Å². The third kappa shape index (κ3) is 2.98. The van der Waals surface area contributed by atoms with Crippen LogP contribution in [0.2, 0.25) is 0 Å². The van der Waals surface area contributed by atoms with Crippen molar-refractivity contribution in [1.29, 1.82) is 0 Å². The van der Waals surface area contributed by atoms with Gasteiger partial charge < -0.3 is 10.2 Å². The second-order valence-electron chi connectivity index (χ2n) is 9.62. The van der Waals surface area contributed by atoms with Gasteiger partial charge in [-0.15, -0.1) is 0 Å². The van der Waals surface area contributed by atoms with E-state index in [2.05, 4.69) is 13.8 Å². The van der Waals surface area contributed by atoms with Crippen molar-refractivity contribution in [3.8, 4) is 0 Å². The van der Waals surface area contributed by atoms with Gasteiger partial charge in [0.25, 0.3) is 0 Å². The second kappa shape index (κ2) is 7.54. The number of halogens is 1. The van der Waals surface area contributed by atoms with Gasteiger partial charge in [0, 0.05) is 0 Å². The highest BCUT2D eigenvalue weighted by atomic mass is 19.1. The van der Waals surface area contributed by atoms with Gasteiger partial charge in [-0.2, -0.15) is 0 Å². The maximum atomic E-state index is 14.3. The SMILES string of the molecule is CC.CC12CCC3C(CCC4CC(O)CCC43C)C1CC/C2=C(/F)CO. The summed E-state index contributed by atoms with van der Waals surface area (Å²) in [5.74, 6) is 2.48. The first kappa shape index (κ1) is 20.3. The lowest BCUT2D eigenvalue weighted by Crippen LogP contribution is -2.53. The average molecular weight is 367 g/mol. The molecule has 2 N–H and O–H groups in total. The standard InChI is InChI=1S/C21H33FO2.C2H6/c1-20-9-7-14(24)11-13(20)3-4-15-16-5-6-18(19(22)12-23)21(16,2)10-8-17(15)20;1-2/h13-17,23-24H,3-12H2,1-2H3;1-2H3/b19-18-;. The molecule has 4 aliphatic carbocycles. The number of fused-ring (bicyclic) bond motifs is 5. The molecule has 0 saturated heterocycles. The molecule has 2 nitrogen and oxygen atoms in total. The number of rotatable bonds is 1. The van der Waals surface area contributed by atoms with Crippen LogP contribution in [0.4, 0.5) is 4.39 Å². The van der Waals surface area contributed by atoms with E-state index in [1.54, 1.807) is 0 Å². The Morgan fingerprint density at radius 1 is 1.04 bits per heavy atom. The highest BCUT2D eigenvalue weighted by Crippen LogP contribution is 2.67. The first-order chi connectivity index (χ1) is 12.4. The molecular weight excluding hydrogens is 327 g/mol. The monoisotopic (exact) mass is 366 g/mol. The van der Waals surface area contributed by atoms with Crippen LogP contribution in [0.15, 0.2) is 11.4 Å². The van der Waals surface area contributed by atoms with Crippen LogP contribution < -0.4 is 0 Å². The average Bonchev–Trinajstić information content (AvgIpc) is 3.00. The summed E-state index contributed by atoms with van der Waals surface area (Å²) in [4.78, 5) is 0. The number of allylic oxidation sites excluding steroid dienone is 1. The van der Waals surface area contributed by atoms with Crippen LogP contribution in [0.5, 0.6) is 0 Å². The highest BCUT2D eigenvalue weighted by Gasteiger charge is 2.59. The molecule has 0 aromatic carbocycles. The van der Waals surface area contributed by atoms with Crippen LogP contribution in [0, 0.1) is 34.5 Å². The molecule has 4 fully saturated rings. The lowest BCUT2D eigenvalue weighted by Gasteiger charge is -2.60. The zero-order chi connectivity index (χ0) is 19.1. The lowest BCUT2D eigenvalue weighted by atomic mass is 9.45. The minimum atomic E-state index is -0.427. The summed E-state index contributed by atoms with van der Waals surface area (Å²) in [6.07, 6.45) is 9.74. The Morgan fingerprint density at radius 3 is 2.46 bits per heavy atom. The molecule has 0 heterocycles. The van der Waals surface area contributed by atoms with Crippen molar-refractivity contribution in [2.24, 2.45) is 34.5 Å². The van der Waals surface area contributed by atoms with Gasteiger partial charge in [0.15, 0.2) is 0 Å². The van der Waals surface area contributed by atoms with Crippen LogP contribution in [0.1, 0.15) is 85.5 Å². The number of aliphatic hydroxyl groups is 2. The van der Waals surface area contributed by atoms with Gasteiger partial charge in [-0.25, -0.2) is 4.39 Å². The van der Waals surface area contributed by atoms with Crippen molar-refractivity contribution in [2.75, 3.05) is 6.61 Å². The third-order valence-corrected chi connectivity index (χ3v) is 8.89. The first-order valence-electron chi connectivity index (χ1n) is 11.1. The van der Waals surface area contributed by atoms with Crippen LogP contribution >= 0.6 is 0 Å².